The van der Waals surface area contributed by atoms with Gasteiger partial charge in [0, 0.05) is 27.6 Å². The van der Waals surface area contributed by atoms with Gasteiger partial charge in [-0.2, -0.15) is 0 Å². The SMILES string of the molecule is Cc1c(Cl)cc(C(C)N(C)C)c2cc3n(c12)C(=O)c1ccccc1-3. The minimum Gasteiger partial charge on any atom is -0.303 e. The lowest BCUT2D eigenvalue weighted by Crippen LogP contribution is -2.17. The number of aryl methyl sites for hydroxylation is 1. The van der Waals surface area contributed by atoms with Crippen molar-refractivity contribution in [2.75, 3.05) is 14.1 Å². The first-order chi connectivity index (χ1) is 11.4. The van der Waals surface area contributed by atoms with Crippen LogP contribution in [0.4, 0.5) is 0 Å². The van der Waals surface area contributed by atoms with Crippen molar-refractivity contribution in [1.82, 2.24) is 9.47 Å². The fourth-order valence-electron chi connectivity index (χ4n) is 3.58. The molecule has 0 amide bonds. The smallest absolute Gasteiger partial charge is 0.263 e. The molecular formula is C20H19ClN2O. The van der Waals surface area contributed by atoms with Gasteiger partial charge in [0.25, 0.3) is 5.91 Å². The molecule has 0 saturated heterocycles. The molecule has 122 valence electrons. The zero-order valence-corrected chi connectivity index (χ0v) is 15.0. The molecule has 0 spiro atoms. The second kappa shape index (κ2) is 5.20. The molecule has 3 aromatic rings. The third-order valence-corrected chi connectivity index (χ3v) is 5.56. The average molecular weight is 339 g/mol. The van der Waals surface area contributed by atoms with Gasteiger partial charge in [0.15, 0.2) is 0 Å². The van der Waals surface area contributed by atoms with Crippen LogP contribution in [0.15, 0.2) is 36.4 Å². The van der Waals surface area contributed by atoms with E-state index >= 15 is 0 Å². The summed E-state index contributed by atoms with van der Waals surface area (Å²) in [5, 5.41) is 1.81. The largest absolute Gasteiger partial charge is 0.303 e. The van der Waals surface area contributed by atoms with Gasteiger partial charge in [0.05, 0.1) is 11.2 Å². The van der Waals surface area contributed by atoms with Crippen LogP contribution >= 0.6 is 11.6 Å². The molecule has 0 radical (unpaired) electrons. The maximum absolute atomic E-state index is 13.0. The highest BCUT2D eigenvalue weighted by molar-refractivity contribution is 6.32. The van der Waals surface area contributed by atoms with Gasteiger partial charge in [-0.1, -0.05) is 29.8 Å². The Morgan fingerprint density at radius 2 is 1.79 bits per heavy atom. The van der Waals surface area contributed by atoms with Gasteiger partial charge in [-0.15, -0.1) is 0 Å². The molecule has 0 fully saturated rings. The molecule has 2 aromatic carbocycles. The Labute approximate surface area is 146 Å². The van der Waals surface area contributed by atoms with E-state index in [1.165, 1.54) is 0 Å². The van der Waals surface area contributed by atoms with Crippen LogP contribution in [0.5, 0.6) is 0 Å². The maximum atomic E-state index is 13.0. The average Bonchev–Trinajstić information content (AvgIpc) is 3.08. The Hall–Kier alpha value is -2.10. The molecule has 1 aliphatic heterocycles. The number of rotatable bonds is 2. The number of aromatic nitrogens is 1. The second-order valence-electron chi connectivity index (χ2n) is 6.69. The molecule has 0 saturated carbocycles. The van der Waals surface area contributed by atoms with Crippen LogP contribution in [0.25, 0.3) is 22.2 Å². The van der Waals surface area contributed by atoms with E-state index in [9.17, 15) is 4.79 Å². The van der Waals surface area contributed by atoms with Crippen LogP contribution in [0.3, 0.4) is 0 Å². The monoisotopic (exact) mass is 338 g/mol. The fraction of sp³-hybridized carbons (Fsp3) is 0.250. The molecule has 4 heteroatoms. The minimum absolute atomic E-state index is 0.0319. The maximum Gasteiger partial charge on any atom is 0.263 e. The van der Waals surface area contributed by atoms with Crippen molar-refractivity contribution in [2.45, 2.75) is 19.9 Å². The highest BCUT2D eigenvalue weighted by Crippen LogP contribution is 2.42. The summed E-state index contributed by atoms with van der Waals surface area (Å²) in [6.45, 7) is 4.14. The van der Waals surface area contributed by atoms with Crippen LogP contribution in [0.2, 0.25) is 5.02 Å². The molecule has 1 unspecified atom stereocenters. The molecular weight excluding hydrogens is 320 g/mol. The number of fused-ring (bicyclic) bond motifs is 5. The molecule has 0 N–H and O–H groups in total. The first kappa shape index (κ1) is 15.4. The summed E-state index contributed by atoms with van der Waals surface area (Å²) >= 11 is 6.52. The van der Waals surface area contributed by atoms with E-state index in [-0.39, 0.29) is 11.9 Å². The lowest BCUT2D eigenvalue weighted by atomic mass is 9.99. The van der Waals surface area contributed by atoms with E-state index in [1.807, 2.05) is 41.8 Å². The highest BCUT2D eigenvalue weighted by Gasteiger charge is 2.30. The molecule has 0 bridgehead atoms. The molecule has 1 aliphatic rings. The van der Waals surface area contributed by atoms with Crippen molar-refractivity contribution in [3.63, 3.8) is 0 Å². The van der Waals surface area contributed by atoms with Gasteiger partial charge in [-0.25, -0.2) is 0 Å². The Morgan fingerprint density at radius 3 is 2.46 bits per heavy atom. The third-order valence-electron chi connectivity index (χ3n) is 5.17. The van der Waals surface area contributed by atoms with Crippen molar-refractivity contribution in [3.8, 4) is 11.3 Å². The number of hydrogen-bond donors (Lipinski definition) is 0. The molecule has 24 heavy (non-hydrogen) atoms. The van der Waals surface area contributed by atoms with E-state index in [2.05, 4.69) is 32.0 Å². The summed E-state index contributed by atoms with van der Waals surface area (Å²) in [6.07, 6.45) is 0. The number of nitrogens with zero attached hydrogens (tertiary/aromatic N) is 2. The number of carbonyl (C=O) groups excluding carboxylic acids is 1. The van der Waals surface area contributed by atoms with Crippen molar-refractivity contribution in [3.05, 3.63) is 58.1 Å². The zero-order valence-electron chi connectivity index (χ0n) is 14.2. The van der Waals surface area contributed by atoms with E-state index in [0.717, 1.165) is 38.9 Å². The quantitative estimate of drug-likeness (QED) is 0.519. The van der Waals surface area contributed by atoms with Gasteiger partial charge in [0.2, 0.25) is 0 Å². The summed E-state index contributed by atoms with van der Waals surface area (Å²) in [5.74, 6) is 0.0319. The number of benzene rings is 2. The van der Waals surface area contributed by atoms with Gasteiger partial charge in [0.1, 0.15) is 0 Å². The number of hydrogen-bond acceptors (Lipinski definition) is 2. The fourth-order valence-corrected chi connectivity index (χ4v) is 3.79. The first-order valence-electron chi connectivity index (χ1n) is 8.06. The third kappa shape index (κ3) is 1.92. The highest BCUT2D eigenvalue weighted by atomic mass is 35.5. The van der Waals surface area contributed by atoms with Crippen molar-refractivity contribution in [1.29, 1.82) is 0 Å². The predicted molar refractivity (Wildman–Crippen MR) is 99.0 cm³/mol. The Balaban J connectivity index is 2.12. The summed E-state index contributed by atoms with van der Waals surface area (Å²) in [6, 6.07) is 12.2. The van der Waals surface area contributed by atoms with Crippen LogP contribution in [-0.2, 0) is 0 Å². The van der Waals surface area contributed by atoms with Crippen molar-refractivity contribution < 1.29 is 4.79 Å². The standard InChI is InChI=1S/C20H19ClN2O/c1-11-17(21)9-15(12(2)22(3)4)16-10-18-13-7-5-6-8-14(13)20(24)23(18)19(11)16/h5-10,12H,1-4H3. The van der Waals surface area contributed by atoms with Crippen molar-refractivity contribution in [2.24, 2.45) is 0 Å². The van der Waals surface area contributed by atoms with Gasteiger partial charge in [-0.3, -0.25) is 9.36 Å². The van der Waals surface area contributed by atoms with Gasteiger partial charge < -0.3 is 4.90 Å². The molecule has 2 heterocycles. The van der Waals surface area contributed by atoms with Crippen LogP contribution in [0, 0.1) is 6.92 Å². The molecule has 1 aromatic heterocycles. The summed E-state index contributed by atoms with van der Waals surface area (Å²) in [5.41, 5.74) is 5.76. The predicted octanol–water partition coefficient (Wildman–Crippen LogP) is 4.89. The van der Waals surface area contributed by atoms with E-state index < -0.39 is 0 Å². The number of carbonyl (C=O) groups is 1. The zero-order chi connectivity index (χ0) is 17.2. The van der Waals surface area contributed by atoms with Crippen LogP contribution in [0.1, 0.15) is 34.5 Å². The van der Waals surface area contributed by atoms with Crippen LogP contribution in [-0.4, -0.2) is 29.5 Å². The summed E-state index contributed by atoms with van der Waals surface area (Å²) in [4.78, 5) is 15.1. The Morgan fingerprint density at radius 1 is 1.12 bits per heavy atom. The first-order valence-corrected chi connectivity index (χ1v) is 8.44. The lowest BCUT2D eigenvalue weighted by molar-refractivity contribution is 0.0973. The second-order valence-corrected chi connectivity index (χ2v) is 7.10. The Kier molecular flexibility index (Phi) is 3.34. The van der Waals surface area contributed by atoms with Crippen molar-refractivity contribution >= 4 is 28.4 Å². The topological polar surface area (TPSA) is 25.2 Å². The molecule has 3 nitrogen and oxygen atoms in total. The molecule has 4 rings (SSSR count). The molecule has 0 aliphatic carbocycles. The van der Waals surface area contributed by atoms with Gasteiger partial charge >= 0.3 is 0 Å². The van der Waals surface area contributed by atoms with Crippen LogP contribution < -0.4 is 0 Å². The normalized spacial score (nSPS) is 14.3. The minimum atomic E-state index is 0.0319. The Bertz CT molecular complexity index is 1000. The summed E-state index contributed by atoms with van der Waals surface area (Å²) in [7, 11) is 4.10. The number of halogens is 1. The van der Waals surface area contributed by atoms with Gasteiger partial charge in [-0.05, 0) is 57.3 Å². The van der Waals surface area contributed by atoms with E-state index in [0.29, 0.717) is 5.02 Å². The lowest BCUT2D eigenvalue weighted by Gasteiger charge is -2.22. The molecule has 1 atom stereocenters. The van der Waals surface area contributed by atoms with E-state index in [1.54, 1.807) is 0 Å². The summed E-state index contributed by atoms with van der Waals surface area (Å²) < 4.78 is 1.83. The van der Waals surface area contributed by atoms with E-state index in [4.69, 9.17) is 11.6 Å².